The van der Waals surface area contributed by atoms with E-state index in [4.69, 9.17) is 11.6 Å². The van der Waals surface area contributed by atoms with Crippen molar-refractivity contribution in [1.82, 2.24) is 15.0 Å². The molecule has 2 rings (SSSR count). The molecule has 2 heterocycles. The lowest BCUT2D eigenvalue weighted by Crippen LogP contribution is -2.21. The Balaban J connectivity index is 1.91. The fourth-order valence-electron chi connectivity index (χ4n) is 1.84. The fourth-order valence-corrected chi connectivity index (χ4v) is 3.24. The normalized spacial score (nSPS) is 19.6. The van der Waals surface area contributed by atoms with Gasteiger partial charge in [0.05, 0.1) is 0 Å². The van der Waals surface area contributed by atoms with Crippen molar-refractivity contribution in [2.24, 2.45) is 0 Å². The number of rotatable bonds is 5. The zero-order valence-electron chi connectivity index (χ0n) is 10.4. The Bertz CT molecular complexity index is 384. The minimum absolute atomic E-state index is 0.222. The molecule has 1 aliphatic heterocycles. The maximum Gasteiger partial charge on any atom is 0.228 e. The first-order chi connectivity index (χ1) is 8.78. The lowest BCUT2D eigenvalue weighted by atomic mass is 10.2. The van der Waals surface area contributed by atoms with Crippen LogP contribution in [-0.2, 0) is 0 Å². The highest BCUT2D eigenvalue weighted by Gasteiger charge is 2.14. The van der Waals surface area contributed by atoms with Gasteiger partial charge in [0.25, 0.3) is 0 Å². The first-order valence-corrected chi connectivity index (χ1v) is 7.71. The summed E-state index contributed by atoms with van der Waals surface area (Å²) in [4.78, 5) is 12.4. The Morgan fingerprint density at radius 3 is 2.67 bits per heavy atom. The first kappa shape index (κ1) is 13.7. The number of aromatic nitrogens is 3. The van der Waals surface area contributed by atoms with Crippen LogP contribution in [0, 0.1) is 0 Å². The van der Waals surface area contributed by atoms with Crippen LogP contribution in [0.1, 0.15) is 26.2 Å². The monoisotopic (exact) mass is 287 g/mol. The Morgan fingerprint density at radius 2 is 2.00 bits per heavy atom. The molecular weight excluding hydrogens is 270 g/mol. The second kappa shape index (κ2) is 6.99. The largest absolute Gasteiger partial charge is 0.354 e. The smallest absolute Gasteiger partial charge is 0.228 e. The summed E-state index contributed by atoms with van der Waals surface area (Å²) in [6.45, 7) is 3.64. The van der Waals surface area contributed by atoms with Crippen molar-refractivity contribution in [1.29, 1.82) is 0 Å². The van der Waals surface area contributed by atoms with Crippen LogP contribution in [-0.4, -0.2) is 39.0 Å². The van der Waals surface area contributed by atoms with Gasteiger partial charge >= 0.3 is 0 Å². The topological polar surface area (TPSA) is 62.7 Å². The Morgan fingerprint density at radius 1 is 1.22 bits per heavy atom. The highest BCUT2D eigenvalue weighted by molar-refractivity contribution is 7.99. The molecule has 0 spiro atoms. The molecule has 1 aromatic heterocycles. The van der Waals surface area contributed by atoms with Crippen molar-refractivity contribution in [3.05, 3.63) is 5.28 Å². The number of hydrogen-bond donors (Lipinski definition) is 2. The molecule has 0 bridgehead atoms. The summed E-state index contributed by atoms with van der Waals surface area (Å²) in [7, 11) is 0. The van der Waals surface area contributed by atoms with E-state index in [0.717, 1.165) is 13.1 Å². The fraction of sp³-hybridized carbons (Fsp3) is 0.727. The first-order valence-electron chi connectivity index (χ1n) is 6.29. The minimum atomic E-state index is 0.222. The number of nitrogens with zero attached hydrogens (tertiary/aromatic N) is 3. The van der Waals surface area contributed by atoms with Gasteiger partial charge in [-0.05, 0) is 37.1 Å². The quantitative estimate of drug-likeness (QED) is 0.868. The van der Waals surface area contributed by atoms with Crippen molar-refractivity contribution in [2.75, 3.05) is 29.5 Å². The molecule has 1 atom stereocenters. The van der Waals surface area contributed by atoms with E-state index >= 15 is 0 Å². The van der Waals surface area contributed by atoms with Crippen LogP contribution < -0.4 is 10.6 Å². The average molecular weight is 288 g/mol. The molecule has 1 aromatic rings. The van der Waals surface area contributed by atoms with E-state index in [0.29, 0.717) is 17.1 Å². The van der Waals surface area contributed by atoms with Crippen molar-refractivity contribution >= 4 is 35.3 Å². The SMILES string of the molecule is CCNc1nc(Cl)nc(NCC2CCCCS2)n1. The molecule has 0 aliphatic carbocycles. The van der Waals surface area contributed by atoms with Crippen LogP contribution in [0.4, 0.5) is 11.9 Å². The maximum absolute atomic E-state index is 5.86. The predicted molar refractivity (Wildman–Crippen MR) is 77.6 cm³/mol. The molecular formula is C11H18ClN5S. The summed E-state index contributed by atoms with van der Waals surface area (Å²) in [5.41, 5.74) is 0. The third-order valence-electron chi connectivity index (χ3n) is 2.70. The summed E-state index contributed by atoms with van der Waals surface area (Å²) >= 11 is 7.88. The summed E-state index contributed by atoms with van der Waals surface area (Å²) in [6.07, 6.45) is 3.92. The Labute approximate surface area is 117 Å². The van der Waals surface area contributed by atoms with E-state index in [1.165, 1.54) is 25.0 Å². The lowest BCUT2D eigenvalue weighted by molar-refractivity contribution is 0.676. The molecule has 1 aliphatic rings. The summed E-state index contributed by atoms with van der Waals surface area (Å²) in [5, 5.41) is 7.15. The third kappa shape index (κ3) is 4.17. The molecule has 0 aromatic carbocycles. The van der Waals surface area contributed by atoms with Gasteiger partial charge in [-0.1, -0.05) is 6.42 Å². The van der Waals surface area contributed by atoms with Crippen LogP contribution in [0.15, 0.2) is 0 Å². The third-order valence-corrected chi connectivity index (χ3v) is 4.27. The van der Waals surface area contributed by atoms with Gasteiger partial charge in [-0.3, -0.25) is 0 Å². The van der Waals surface area contributed by atoms with E-state index < -0.39 is 0 Å². The molecule has 100 valence electrons. The van der Waals surface area contributed by atoms with Crippen LogP contribution in [0.25, 0.3) is 0 Å². The molecule has 7 heteroatoms. The van der Waals surface area contributed by atoms with Gasteiger partial charge in [0.15, 0.2) is 0 Å². The van der Waals surface area contributed by atoms with Gasteiger partial charge in [-0.15, -0.1) is 0 Å². The Hall–Kier alpha value is -0.750. The van der Waals surface area contributed by atoms with Gasteiger partial charge in [0, 0.05) is 18.3 Å². The molecule has 1 fully saturated rings. The van der Waals surface area contributed by atoms with E-state index in [1.54, 1.807) is 0 Å². The van der Waals surface area contributed by atoms with E-state index in [1.807, 2.05) is 18.7 Å². The van der Waals surface area contributed by atoms with E-state index in [9.17, 15) is 0 Å². The van der Waals surface area contributed by atoms with Gasteiger partial charge in [0.2, 0.25) is 17.2 Å². The van der Waals surface area contributed by atoms with E-state index in [2.05, 4.69) is 25.6 Å². The number of anilines is 2. The van der Waals surface area contributed by atoms with Crippen LogP contribution in [0.2, 0.25) is 5.28 Å². The van der Waals surface area contributed by atoms with Gasteiger partial charge < -0.3 is 10.6 Å². The van der Waals surface area contributed by atoms with Crippen molar-refractivity contribution in [3.63, 3.8) is 0 Å². The maximum atomic E-state index is 5.86. The average Bonchev–Trinajstić information content (AvgIpc) is 2.37. The van der Waals surface area contributed by atoms with Crippen molar-refractivity contribution < 1.29 is 0 Å². The van der Waals surface area contributed by atoms with Crippen LogP contribution >= 0.6 is 23.4 Å². The highest BCUT2D eigenvalue weighted by atomic mass is 35.5. The van der Waals surface area contributed by atoms with Crippen molar-refractivity contribution in [2.45, 2.75) is 31.4 Å². The number of thioether (sulfide) groups is 1. The molecule has 0 saturated carbocycles. The van der Waals surface area contributed by atoms with Gasteiger partial charge in [-0.25, -0.2) is 0 Å². The molecule has 18 heavy (non-hydrogen) atoms. The zero-order chi connectivity index (χ0) is 12.8. The Kier molecular flexibility index (Phi) is 5.31. The zero-order valence-corrected chi connectivity index (χ0v) is 12.0. The second-order valence-corrected chi connectivity index (χ2v) is 5.90. The number of nitrogens with one attached hydrogen (secondary N) is 2. The van der Waals surface area contributed by atoms with Crippen molar-refractivity contribution in [3.8, 4) is 0 Å². The summed E-state index contributed by atoms with van der Waals surface area (Å²) in [5.74, 6) is 2.33. The minimum Gasteiger partial charge on any atom is -0.354 e. The standard InChI is InChI=1S/C11H18ClN5S/c1-2-13-10-15-9(12)16-11(17-10)14-7-8-5-3-4-6-18-8/h8H,2-7H2,1H3,(H2,13,14,15,16,17). The number of hydrogen-bond acceptors (Lipinski definition) is 6. The second-order valence-electron chi connectivity index (χ2n) is 4.15. The van der Waals surface area contributed by atoms with Crippen LogP contribution in [0.5, 0.6) is 0 Å². The predicted octanol–water partition coefficient (Wildman–Crippen LogP) is 2.65. The molecule has 0 amide bonds. The highest BCUT2D eigenvalue weighted by Crippen LogP contribution is 2.25. The van der Waals surface area contributed by atoms with E-state index in [-0.39, 0.29) is 5.28 Å². The van der Waals surface area contributed by atoms with Gasteiger partial charge in [-0.2, -0.15) is 26.7 Å². The molecule has 2 N–H and O–H groups in total. The summed E-state index contributed by atoms with van der Waals surface area (Å²) in [6, 6.07) is 0. The summed E-state index contributed by atoms with van der Waals surface area (Å²) < 4.78 is 0. The van der Waals surface area contributed by atoms with Crippen LogP contribution in [0.3, 0.4) is 0 Å². The lowest BCUT2D eigenvalue weighted by Gasteiger charge is -2.21. The molecule has 0 radical (unpaired) electrons. The molecule has 1 unspecified atom stereocenters. The molecule has 1 saturated heterocycles. The molecule has 5 nitrogen and oxygen atoms in total. The number of halogens is 1. The van der Waals surface area contributed by atoms with Gasteiger partial charge in [0.1, 0.15) is 0 Å².